The summed E-state index contributed by atoms with van der Waals surface area (Å²) in [6.07, 6.45) is 0. The maximum absolute atomic E-state index is 2.74. The van der Waals surface area contributed by atoms with Crippen LogP contribution in [0, 0.1) is 0 Å². The third kappa shape index (κ3) is 2.65. The molecule has 0 aromatic carbocycles. The Balaban J connectivity index is 4.75. The van der Waals surface area contributed by atoms with Crippen molar-refractivity contribution >= 4 is 17.4 Å². The van der Waals surface area contributed by atoms with Crippen LogP contribution in [0.5, 0.6) is 0 Å². The quantitative estimate of drug-likeness (QED) is 0.651. The second kappa shape index (κ2) is 5.29. The molecule has 0 unspecified atom stereocenters. The highest BCUT2D eigenvalue weighted by Crippen LogP contribution is 2.22. The van der Waals surface area contributed by atoms with Crippen molar-refractivity contribution in [1.29, 1.82) is 0 Å². The van der Waals surface area contributed by atoms with E-state index in [4.69, 9.17) is 0 Å². The van der Waals surface area contributed by atoms with Gasteiger partial charge in [0.1, 0.15) is 0 Å². The van der Waals surface area contributed by atoms with Crippen LogP contribution in [0.25, 0.3) is 0 Å². The van der Waals surface area contributed by atoms with Crippen LogP contribution < -0.4 is 0 Å². The summed E-state index contributed by atoms with van der Waals surface area (Å²) < 4.78 is 5.26. The van der Waals surface area contributed by atoms with E-state index >= 15 is 0 Å². The summed E-state index contributed by atoms with van der Waals surface area (Å²) in [6, 6.07) is 2.69. The lowest BCUT2D eigenvalue weighted by Crippen LogP contribution is -2.64. The second-order valence-electron chi connectivity index (χ2n) is 4.29. The molecule has 0 rings (SSSR count). The maximum Gasteiger partial charge on any atom is 0.198 e. The van der Waals surface area contributed by atoms with Crippen LogP contribution in [0.3, 0.4) is 0 Å². The predicted octanol–water partition coefficient (Wildman–Crippen LogP) is 1.95. The number of hydrogen-bond donors (Lipinski definition) is 0. The zero-order chi connectivity index (χ0) is 10.6. The van der Waals surface area contributed by atoms with Crippen molar-refractivity contribution in [1.82, 2.24) is 8.80 Å². The minimum atomic E-state index is -1.26. The highest BCUT2D eigenvalue weighted by atomic mass is 28.4. The van der Waals surface area contributed by atoms with Gasteiger partial charge in [-0.15, -0.1) is 0 Å². The van der Waals surface area contributed by atoms with E-state index in [1.165, 1.54) is 12.1 Å². The monoisotopic (exact) mass is 218 g/mol. The van der Waals surface area contributed by atoms with Crippen molar-refractivity contribution < 1.29 is 0 Å². The Morgan fingerprint density at radius 3 is 1.46 bits per heavy atom. The van der Waals surface area contributed by atoms with E-state index in [0.29, 0.717) is 0 Å². The third-order valence-corrected chi connectivity index (χ3v) is 13.2. The first-order valence-corrected chi connectivity index (χ1v) is 10.5. The minimum Gasteiger partial charge on any atom is -0.339 e. The molecule has 0 aliphatic rings. The number of rotatable bonds is 5. The summed E-state index contributed by atoms with van der Waals surface area (Å²) in [5, 5.41) is 0. The fraction of sp³-hybridized carbons (Fsp3) is 1.00. The minimum absolute atomic E-state index is 0.628. The first kappa shape index (κ1) is 13.4. The Bertz CT molecular complexity index is 145. The van der Waals surface area contributed by atoms with Gasteiger partial charge in [0.15, 0.2) is 8.40 Å². The highest BCUT2D eigenvalue weighted by molar-refractivity contribution is 6.82. The summed E-state index contributed by atoms with van der Waals surface area (Å²) in [5.74, 6) is 0. The van der Waals surface area contributed by atoms with Crippen LogP contribution in [0.4, 0.5) is 0 Å². The molecule has 80 valence electrons. The molecular weight excluding hydrogens is 192 g/mol. The van der Waals surface area contributed by atoms with Crippen LogP contribution >= 0.6 is 0 Å². The van der Waals surface area contributed by atoms with Gasteiger partial charge in [-0.25, -0.2) is 0 Å². The maximum atomic E-state index is 2.74. The van der Waals surface area contributed by atoms with Gasteiger partial charge >= 0.3 is 0 Å². The van der Waals surface area contributed by atoms with Gasteiger partial charge in [-0.1, -0.05) is 26.9 Å². The van der Waals surface area contributed by atoms with Crippen molar-refractivity contribution in [2.45, 2.75) is 39.0 Å². The molecule has 0 heterocycles. The van der Waals surface area contributed by atoms with Crippen LogP contribution in [0.15, 0.2) is 0 Å². The molecule has 0 aliphatic heterocycles. The fourth-order valence-corrected chi connectivity index (χ4v) is 11.2. The second-order valence-corrected chi connectivity index (χ2v) is 12.7. The molecule has 13 heavy (non-hydrogen) atoms. The standard InChI is InChI=1S/C9H26N2Si2/c1-8-13(9-2,10(3)4)11(5)12(6)7/h12H,8-9H2,1-7H3. The van der Waals surface area contributed by atoms with E-state index in [1.807, 2.05) is 0 Å². The van der Waals surface area contributed by atoms with Crippen molar-refractivity contribution in [3.05, 3.63) is 0 Å². The van der Waals surface area contributed by atoms with Gasteiger partial charge in [0, 0.05) is 0 Å². The van der Waals surface area contributed by atoms with Gasteiger partial charge in [-0.05, 0) is 33.2 Å². The predicted molar refractivity (Wildman–Crippen MR) is 67.0 cm³/mol. The average molecular weight is 218 g/mol. The SMILES string of the molecule is CC[Si](CC)(N(C)C)N(C)[SiH](C)C. The molecule has 0 spiro atoms. The van der Waals surface area contributed by atoms with Crippen molar-refractivity contribution in [3.63, 3.8) is 0 Å². The smallest absolute Gasteiger partial charge is 0.198 e. The third-order valence-electron chi connectivity index (χ3n) is 3.40. The topological polar surface area (TPSA) is 6.48 Å². The average Bonchev–Trinajstić information content (AvgIpc) is 2.06. The van der Waals surface area contributed by atoms with Crippen LogP contribution in [-0.2, 0) is 0 Å². The Labute approximate surface area is 86.8 Å². The van der Waals surface area contributed by atoms with E-state index in [1.54, 1.807) is 0 Å². The van der Waals surface area contributed by atoms with E-state index in [0.717, 1.165) is 0 Å². The van der Waals surface area contributed by atoms with E-state index in [9.17, 15) is 0 Å². The normalized spacial score (nSPS) is 13.4. The van der Waals surface area contributed by atoms with E-state index in [-0.39, 0.29) is 0 Å². The van der Waals surface area contributed by atoms with E-state index in [2.05, 4.69) is 56.9 Å². The largest absolute Gasteiger partial charge is 0.339 e. The van der Waals surface area contributed by atoms with Gasteiger partial charge < -0.3 is 8.80 Å². The molecule has 0 aliphatic carbocycles. The van der Waals surface area contributed by atoms with Crippen LogP contribution in [-0.4, -0.2) is 47.3 Å². The number of nitrogens with zero attached hydrogens (tertiary/aromatic N) is 2. The van der Waals surface area contributed by atoms with Gasteiger partial charge in [-0.2, -0.15) is 0 Å². The first-order valence-electron chi connectivity index (χ1n) is 5.32. The summed E-state index contributed by atoms with van der Waals surface area (Å²) in [5.41, 5.74) is 0. The Kier molecular flexibility index (Phi) is 5.43. The molecule has 0 saturated carbocycles. The summed E-state index contributed by atoms with van der Waals surface area (Å²) in [7, 11) is 4.97. The van der Waals surface area contributed by atoms with Gasteiger partial charge in [0.2, 0.25) is 0 Å². The van der Waals surface area contributed by atoms with Crippen molar-refractivity contribution in [2.75, 3.05) is 21.1 Å². The Morgan fingerprint density at radius 1 is 1.00 bits per heavy atom. The molecule has 0 amide bonds. The number of hydrogen-bond acceptors (Lipinski definition) is 2. The Morgan fingerprint density at radius 2 is 1.38 bits per heavy atom. The van der Waals surface area contributed by atoms with Gasteiger partial charge in [0.05, 0.1) is 8.96 Å². The Hall–Kier alpha value is 0.354. The molecule has 4 heteroatoms. The summed E-state index contributed by atoms with van der Waals surface area (Å²) in [6.45, 7) is 9.55. The van der Waals surface area contributed by atoms with Crippen LogP contribution in [0.1, 0.15) is 13.8 Å². The molecule has 0 aromatic rings. The molecule has 0 saturated heterocycles. The van der Waals surface area contributed by atoms with Gasteiger partial charge in [0.25, 0.3) is 0 Å². The van der Waals surface area contributed by atoms with Gasteiger partial charge in [-0.3, -0.25) is 0 Å². The molecule has 0 fully saturated rings. The molecule has 2 nitrogen and oxygen atoms in total. The summed E-state index contributed by atoms with van der Waals surface area (Å²) in [4.78, 5) is 0. The van der Waals surface area contributed by atoms with Crippen molar-refractivity contribution in [3.8, 4) is 0 Å². The lowest BCUT2D eigenvalue weighted by atomic mass is 10.9. The summed E-state index contributed by atoms with van der Waals surface area (Å²) >= 11 is 0. The molecular formula is C9H26N2Si2. The molecule has 0 N–H and O–H groups in total. The molecule has 0 bridgehead atoms. The van der Waals surface area contributed by atoms with E-state index < -0.39 is 17.4 Å². The first-order chi connectivity index (χ1) is 5.92. The molecule has 0 atom stereocenters. The molecule has 0 aromatic heterocycles. The van der Waals surface area contributed by atoms with Crippen molar-refractivity contribution in [2.24, 2.45) is 0 Å². The fourth-order valence-electron chi connectivity index (χ4n) is 2.18. The zero-order valence-electron chi connectivity index (χ0n) is 10.4. The lowest BCUT2D eigenvalue weighted by molar-refractivity contribution is 0.529. The molecule has 0 radical (unpaired) electrons. The zero-order valence-corrected chi connectivity index (χ0v) is 12.5. The highest BCUT2D eigenvalue weighted by Gasteiger charge is 2.38. The van der Waals surface area contributed by atoms with Crippen LogP contribution in [0.2, 0.25) is 25.2 Å². The lowest BCUT2D eigenvalue weighted by Gasteiger charge is -2.45.